The molecule has 1 aliphatic rings. The van der Waals surface area contributed by atoms with Gasteiger partial charge in [0.2, 0.25) is 5.95 Å². The molecule has 0 aliphatic carbocycles. The molecule has 0 radical (unpaired) electrons. The molecule has 100 valence electrons. The molecule has 1 aromatic heterocycles. The van der Waals surface area contributed by atoms with Gasteiger partial charge in [0.15, 0.2) is 0 Å². The van der Waals surface area contributed by atoms with Gasteiger partial charge in [-0.1, -0.05) is 0 Å². The Morgan fingerprint density at radius 1 is 1.22 bits per heavy atom. The van der Waals surface area contributed by atoms with Crippen molar-refractivity contribution in [3.8, 4) is 0 Å². The van der Waals surface area contributed by atoms with Crippen molar-refractivity contribution in [1.29, 1.82) is 0 Å². The van der Waals surface area contributed by atoms with Crippen LogP contribution in [0.25, 0.3) is 0 Å². The second kappa shape index (κ2) is 6.66. The number of anilines is 1. The summed E-state index contributed by atoms with van der Waals surface area (Å²) in [5.74, 6) is 0.879. The lowest BCUT2D eigenvalue weighted by Gasteiger charge is -2.15. The van der Waals surface area contributed by atoms with Gasteiger partial charge in [-0.2, -0.15) is 0 Å². The number of aromatic nitrogens is 2. The molecule has 1 aliphatic heterocycles. The molecular formula is C13H23N5. The smallest absolute Gasteiger partial charge is 0.225 e. The standard InChI is InChI=1S/C13H23N5/c1-17(2)8-5-14-9-12-10-15-13(16-11-12)18-6-3-4-7-18/h10-11,14H,3-9H2,1-2H3. The van der Waals surface area contributed by atoms with Gasteiger partial charge < -0.3 is 15.1 Å². The third-order valence-corrected chi connectivity index (χ3v) is 3.15. The van der Waals surface area contributed by atoms with Crippen molar-refractivity contribution in [2.45, 2.75) is 19.4 Å². The molecule has 0 spiro atoms. The molecule has 0 unspecified atom stereocenters. The van der Waals surface area contributed by atoms with Gasteiger partial charge in [0, 0.05) is 50.7 Å². The van der Waals surface area contributed by atoms with Gasteiger partial charge in [-0.3, -0.25) is 0 Å². The number of nitrogens with one attached hydrogen (secondary N) is 1. The van der Waals surface area contributed by atoms with Crippen molar-refractivity contribution < 1.29 is 0 Å². The van der Waals surface area contributed by atoms with E-state index in [0.717, 1.165) is 44.2 Å². The van der Waals surface area contributed by atoms with Crippen LogP contribution < -0.4 is 10.2 Å². The van der Waals surface area contributed by atoms with Gasteiger partial charge in [-0.05, 0) is 26.9 Å². The zero-order chi connectivity index (χ0) is 12.8. The summed E-state index contributed by atoms with van der Waals surface area (Å²) in [5, 5.41) is 3.39. The van der Waals surface area contributed by atoms with E-state index >= 15 is 0 Å². The van der Waals surface area contributed by atoms with Crippen LogP contribution in [0.3, 0.4) is 0 Å². The van der Waals surface area contributed by atoms with Crippen LogP contribution in [0.2, 0.25) is 0 Å². The van der Waals surface area contributed by atoms with Crippen LogP contribution in [0.15, 0.2) is 12.4 Å². The summed E-state index contributed by atoms with van der Waals surface area (Å²) in [6.45, 7) is 5.07. The second-order valence-corrected chi connectivity index (χ2v) is 5.07. The van der Waals surface area contributed by atoms with E-state index in [0.29, 0.717) is 0 Å². The van der Waals surface area contributed by atoms with Crippen molar-refractivity contribution in [1.82, 2.24) is 20.2 Å². The van der Waals surface area contributed by atoms with E-state index in [1.54, 1.807) is 0 Å². The van der Waals surface area contributed by atoms with Gasteiger partial charge in [0.05, 0.1) is 0 Å². The van der Waals surface area contributed by atoms with Crippen LogP contribution in [0.5, 0.6) is 0 Å². The maximum Gasteiger partial charge on any atom is 0.225 e. The van der Waals surface area contributed by atoms with E-state index in [2.05, 4.69) is 39.2 Å². The fraction of sp³-hybridized carbons (Fsp3) is 0.692. The van der Waals surface area contributed by atoms with E-state index < -0.39 is 0 Å². The highest BCUT2D eigenvalue weighted by Gasteiger charge is 2.14. The summed E-state index contributed by atoms with van der Waals surface area (Å²) in [7, 11) is 4.16. The van der Waals surface area contributed by atoms with Crippen LogP contribution in [-0.2, 0) is 6.54 Å². The van der Waals surface area contributed by atoms with Crippen molar-refractivity contribution >= 4 is 5.95 Å². The molecule has 0 amide bonds. The summed E-state index contributed by atoms with van der Waals surface area (Å²) >= 11 is 0. The first-order valence-corrected chi connectivity index (χ1v) is 6.67. The quantitative estimate of drug-likeness (QED) is 0.753. The maximum absolute atomic E-state index is 4.44. The minimum atomic E-state index is 0.841. The van der Waals surface area contributed by atoms with Crippen molar-refractivity contribution in [2.75, 3.05) is 45.2 Å². The summed E-state index contributed by atoms with van der Waals surface area (Å²) in [5.41, 5.74) is 1.15. The Morgan fingerprint density at radius 2 is 1.89 bits per heavy atom. The number of hydrogen-bond donors (Lipinski definition) is 1. The van der Waals surface area contributed by atoms with Gasteiger partial charge in [-0.15, -0.1) is 0 Å². The molecule has 0 atom stereocenters. The lowest BCUT2D eigenvalue weighted by atomic mass is 10.3. The lowest BCUT2D eigenvalue weighted by molar-refractivity contribution is 0.400. The van der Waals surface area contributed by atoms with E-state index in [-0.39, 0.29) is 0 Å². The van der Waals surface area contributed by atoms with Crippen molar-refractivity contribution in [3.05, 3.63) is 18.0 Å². The molecule has 5 nitrogen and oxygen atoms in total. The van der Waals surface area contributed by atoms with Crippen molar-refractivity contribution in [3.63, 3.8) is 0 Å². The number of rotatable bonds is 6. The number of likely N-dealkylation sites (N-methyl/N-ethyl adjacent to an activating group) is 1. The van der Waals surface area contributed by atoms with Crippen LogP contribution in [0.4, 0.5) is 5.95 Å². The molecule has 1 saturated heterocycles. The molecule has 0 bridgehead atoms. The Balaban J connectivity index is 1.76. The van der Waals surface area contributed by atoms with Gasteiger partial charge in [0.25, 0.3) is 0 Å². The SMILES string of the molecule is CN(C)CCNCc1cnc(N2CCCC2)nc1. The van der Waals surface area contributed by atoms with E-state index in [9.17, 15) is 0 Å². The fourth-order valence-electron chi connectivity index (χ4n) is 2.06. The number of nitrogens with zero attached hydrogens (tertiary/aromatic N) is 4. The molecule has 18 heavy (non-hydrogen) atoms. The minimum absolute atomic E-state index is 0.841. The van der Waals surface area contributed by atoms with E-state index in [1.807, 2.05) is 12.4 Å². The molecule has 0 saturated carbocycles. The molecule has 1 fully saturated rings. The third kappa shape index (κ3) is 3.92. The predicted molar refractivity (Wildman–Crippen MR) is 73.7 cm³/mol. The van der Waals surface area contributed by atoms with E-state index in [4.69, 9.17) is 0 Å². The lowest BCUT2D eigenvalue weighted by Crippen LogP contribution is -2.26. The van der Waals surface area contributed by atoms with Crippen LogP contribution in [0, 0.1) is 0 Å². The summed E-state index contributed by atoms with van der Waals surface area (Å²) < 4.78 is 0. The van der Waals surface area contributed by atoms with E-state index in [1.165, 1.54) is 12.8 Å². The topological polar surface area (TPSA) is 44.3 Å². The predicted octanol–water partition coefficient (Wildman–Crippen LogP) is 0.728. The fourth-order valence-corrected chi connectivity index (χ4v) is 2.06. The first kappa shape index (κ1) is 13.2. The Morgan fingerprint density at radius 3 is 2.50 bits per heavy atom. The maximum atomic E-state index is 4.44. The van der Waals surface area contributed by atoms with Crippen molar-refractivity contribution in [2.24, 2.45) is 0 Å². The Kier molecular flexibility index (Phi) is 4.90. The van der Waals surface area contributed by atoms with Crippen LogP contribution >= 0.6 is 0 Å². The number of hydrogen-bond acceptors (Lipinski definition) is 5. The Labute approximate surface area is 109 Å². The molecule has 5 heteroatoms. The largest absolute Gasteiger partial charge is 0.341 e. The molecule has 2 heterocycles. The second-order valence-electron chi connectivity index (χ2n) is 5.07. The highest BCUT2D eigenvalue weighted by atomic mass is 15.3. The van der Waals surface area contributed by atoms with Gasteiger partial charge >= 0.3 is 0 Å². The summed E-state index contributed by atoms with van der Waals surface area (Å²) in [6, 6.07) is 0. The minimum Gasteiger partial charge on any atom is -0.341 e. The first-order valence-electron chi connectivity index (χ1n) is 6.67. The average Bonchev–Trinajstić information content (AvgIpc) is 2.89. The molecule has 1 N–H and O–H groups in total. The van der Waals surface area contributed by atoms with Crippen LogP contribution in [-0.4, -0.2) is 55.1 Å². The normalized spacial score (nSPS) is 15.6. The summed E-state index contributed by atoms with van der Waals surface area (Å²) in [6.07, 6.45) is 6.39. The molecular weight excluding hydrogens is 226 g/mol. The Bertz CT molecular complexity index is 343. The molecule has 0 aromatic carbocycles. The monoisotopic (exact) mass is 249 g/mol. The molecule has 1 aromatic rings. The van der Waals surface area contributed by atoms with Crippen LogP contribution in [0.1, 0.15) is 18.4 Å². The van der Waals surface area contributed by atoms with Gasteiger partial charge in [-0.25, -0.2) is 9.97 Å². The highest BCUT2D eigenvalue weighted by Crippen LogP contribution is 2.14. The average molecular weight is 249 g/mol. The highest BCUT2D eigenvalue weighted by molar-refractivity contribution is 5.30. The van der Waals surface area contributed by atoms with Gasteiger partial charge in [0.1, 0.15) is 0 Å². The first-order chi connectivity index (χ1) is 8.75. The zero-order valence-corrected chi connectivity index (χ0v) is 11.4. The molecule has 2 rings (SSSR count). The Hall–Kier alpha value is -1.20. The summed E-state index contributed by atoms with van der Waals surface area (Å²) in [4.78, 5) is 13.3. The zero-order valence-electron chi connectivity index (χ0n) is 11.4. The third-order valence-electron chi connectivity index (χ3n) is 3.15.